The number of methoxy groups -OCH3 is 1. The van der Waals surface area contributed by atoms with Crippen LogP contribution in [-0.2, 0) is 19.1 Å². The third kappa shape index (κ3) is 13.4. The highest BCUT2D eigenvalue weighted by atomic mass is 16.5. The summed E-state index contributed by atoms with van der Waals surface area (Å²) in [6.45, 7) is 8.09. The van der Waals surface area contributed by atoms with E-state index in [1.165, 1.54) is 7.11 Å². The lowest BCUT2D eigenvalue weighted by Crippen LogP contribution is -1.94. The molecule has 4 nitrogen and oxygen atoms in total. The van der Waals surface area contributed by atoms with Gasteiger partial charge in [0, 0.05) is 12.5 Å². The highest BCUT2D eigenvalue weighted by Gasteiger charge is 1.89. The molecule has 0 saturated carbocycles. The van der Waals surface area contributed by atoms with E-state index in [-0.39, 0.29) is 5.97 Å². The fourth-order valence-corrected chi connectivity index (χ4v) is 0.260. The highest BCUT2D eigenvalue weighted by Crippen LogP contribution is 1.81. The summed E-state index contributed by atoms with van der Waals surface area (Å²) in [6.07, 6.45) is 2.65. The summed E-state index contributed by atoms with van der Waals surface area (Å²) in [6, 6.07) is 0. The van der Waals surface area contributed by atoms with Gasteiger partial charge in [0.2, 0.25) is 0 Å². The first kappa shape index (κ1) is 14.0. The van der Waals surface area contributed by atoms with Gasteiger partial charge >= 0.3 is 11.9 Å². The first-order valence-electron chi connectivity index (χ1n) is 3.63. The Hall–Kier alpha value is -1.58. The molecular weight excluding hydrogens is 172 g/mol. The minimum Gasteiger partial charge on any atom is -0.466 e. The maximum absolute atomic E-state index is 10.1. The SMILES string of the molecule is C=CC(=O)OC.C=COC(=O)CC. The molecular formula is C9H14O4. The molecule has 0 aromatic carbocycles. The van der Waals surface area contributed by atoms with Crippen molar-refractivity contribution in [2.45, 2.75) is 13.3 Å². The molecule has 0 atom stereocenters. The lowest BCUT2D eigenvalue weighted by molar-refractivity contribution is -0.137. The first-order chi connectivity index (χ1) is 6.12. The molecule has 0 rings (SSSR count). The second-order valence-electron chi connectivity index (χ2n) is 1.74. The quantitative estimate of drug-likeness (QED) is 0.380. The molecule has 0 saturated heterocycles. The van der Waals surface area contributed by atoms with E-state index in [0.717, 1.165) is 12.3 Å². The van der Waals surface area contributed by atoms with Crippen LogP contribution in [0.5, 0.6) is 0 Å². The van der Waals surface area contributed by atoms with Crippen LogP contribution in [0.4, 0.5) is 0 Å². The summed E-state index contributed by atoms with van der Waals surface area (Å²) in [4.78, 5) is 20.0. The standard InChI is InChI=1S/C5H8O2.C4H6O2/c1-3-5(6)7-4-2;1-3-4(5)6-2/h4H,2-3H2,1H3;3H,1H2,2H3. The normalized spacial score (nSPS) is 7.23. The molecule has 0 aromatic heterocycles. The van der Waals surface area contributed by atoms with Crippen molar-refractivity contribution in [2.24, 2.45) is 0 Å². The van der Waals surface area contributed by atoms with Crippen LogP contribution in [0.3, 0.4) is 0 Å². The second kappa shape index (κ2) is 10.4. The predicted molar refractivity (Wildman–Crippen MR) is 48.8 cm³/mol. The van der Waals surface area contributed by atoms with Crippen LogP contribution in [-0.4, -0.2) is 19.0 Å². The van der Waals surface area contributed by atoms with E-state index in [4.69, 9.17) is 0 Å². The van der Waals surface area contributed by atoms with Gasteiger partial charge in [0.1, 0.15) is 0 Å². The Kier molecular flexibility index (Phi) is 11.2. The molecule has 0 radical (unpaired) electrons. The van der Waals surface area contributed by atoms with Gasteiger partial charge in [0.15, 0.2) is 0 Å². The summed E-state index contributed by atoms with van der Waals surface area (Å²) < 4.78 is 8.46. The van der Waals surface area contributed by atoms with E-state index in [2.05, 4.69) is 22.6 Å². The molecule has 0 amide bonds. The Balaban J connectivity index is 0. The fraction of sp³-hybridized carbons (Fsp3) is 0.333. The van der Waals surface area contributed by atoms with Crippen LogP contribution in [0.15, 0.2) is 25.5 Å². The average molecular weight is 186 g/mol. The van der Waals surface area contributed by atoms with Gasteiger partial charge in [-0.25, -0.2) is 4.79 Å². The highest BCUT2D eigenvalue weighted by molar-refractivity contribution is 5.80. The number of esters is 2. The predicted octanol–water partition coefficient (Wildman–Crippen LogP) is 1.43. The number of hydrogen-bond donors (Lipinski definition) is 0. The Bertz CT molecular complexity index is 184. The zero-order valence-corrected chi connectivity index (χ0v) is 7.91. The molecule has 4 heteroatoms. The topological polar surface area (TPSA) is 52.6 Å². The molecule has 0 spiro atoms. The summed E-state index contributed by atoms with van der Waals surface area (Å²) >= 11 is 0. The Morgan fingerprint density at radius 1 is 1.38 bits per heavy atom. The lowest BCUT2D eigenvalue weighted by atomic mass is 10.5. The average Bonchev–Trinajstić information content (AvgIpc) is 2.18. The Morgan fingerprint density at radius 2 is 1.92 bits per heavy atom. The van der Waals surface area contributed by atoms with Crippen LogP contribution >= 0.6 is 0 Å². The smallest absolute Gasteiger partial charge is 0.329 e. The van der Waals surface area contributed by atoms with Crippen molar-refractivity contribution in [1.82, 2.24) is 0 Å². The minimum absolute atomic E-state index is 0.241. The Morgan fingerprint density at radius 3 is 2.00 bits per heavy atom. The zero-order chi connectivity index (χ0) is 10.7. The van der Waals surface area contributed by atoms with Gasteiger partial charge in [0.05, 0.1) is 13.4 Å². The van der Waals surface area contributed by atoms with E-state index in [1.54, 1.807) is 6.92 Å². The van der Waals surface area contributed by atoms with Crippen LogP contribution in [0, 0.1) is 0 Å². The van der Waals surface area contributed by atoms with Gasteiger partial charge in [-0.2, -0.15) is 0 Å². The fourth-order valence-electron chi connectivity index (χ4n) is 0.260. The number of carbonyl (C=O) groups is 2. The van der Waals surface area contributed by atoms with Crippen molar-refractivity contribution in [3.05, 3.63) is 25.5 Å². The zero-order valence-electron chi connectivity index (χ0n) is 7.91. The van der Waals surface area contributed by atoms with E-state index >= 15 is 0 Å². The van der Waals surface area contributed by atoms with E-state index in [9.17, 15) is 9.59 Å². The third-order valence-electron chi connectivity index (χ3n) is 0.871. The first-order valence-corrected chi connectivity index (χ1v) is 3.63. The largest absolute Gasteiger partial charge is 0.466 e. The summed E-state index contributed by atoms with van der Waals surface area (Å²) in [7, 11) is 1.31. The van der Waals surface area contributed by atoms with Gasteiger partial charge in [-0.3, -0.25) is 4.79 Å². The molecule has 13 heavy (non-hydrogen) atoms. The van der Waals surface area contributed by atoms with Crippen molar-refractivity contribution in [3.63, 3.8) is 0 Å². The third-order valence-corrected chi connectivity index (χ3v) is 0.871. The van der Waals surface area contributed by atoms with Crippen molar-refractivity contribution >= 4 is 11.9 Å². The lowest BCUT2D eigenvalue weighted by Gasteiger charge is -1.88. The monoisotopic (exact) mass is 186 g/mol. The van der Waals surface area contributed by atoms with Crippen LogP contribution in [0.1, 0.15) is 13.3 Å². The van der Waals surface area contributed by atoms with E-state index in [1.807, 2.05) is 0 Å². The molecule has 0 N–H and O–H groups in total. The molecule has 0 aliphatic carbocycles. The number of ether oxygens (including phenoxy) is 2. The number of rotatable bonds is 3. The molecule has 0 aliphatic rings. The molecule has 0 heterocycles. The van der Waals surface area contributed by atoms with E-state index < -0.39 is 5.97 Å². The second-order valence-corrected chi connectivity index (χ2v) is 1.74. The van der Waals surface area contributed by atoms with Crippen LogP contribution < -0.4 is 0 Å². The molecule has 0 aromatic rings. The van der Waals surface area contributed by atoms with Gasteiger partial charge < -0.3 is 9.47 Å². The molecule has 0 unspecified atom stereocenters. The maximum atomic E-state index is 10.1. The maximum Gasteiger partial charge on any atom is 0.329 e. The van der Waals surface area contributed by atoms with Gasteiger partial charge in [-0.05, 0) is 0 Å². The summed E-state index contributed by atoms with van der Waals surface area (Å²) in [5.74, 6) is -0.634. The summed E-state index contributed by atoms with van der Waals surface area (Å²) in [5.41, 5.74) is 0. The van der Waals surface area contributed by atoms with Crippen molar-refractivity contribution in [2.75, 3.05) is 7.11 Å². The molecule has 74 valence electrons. The van der Waals surface area contributed by atoms with Gasteiger partial charge in [0.25, 0.3) is 0 Å². The van der Waals surface area contributed by atoms with Gasteiger partial charge in [-0.15, -0.1) is 0 Å². The molecule has 0 aliphatic heterocycles. The molecule has 0 bridgehead atoms. The summed E-state index contributed by atoms with van der Waals surface area (Å²) in [5, 5.41) is 0. The number of hydrogen-bond acceptors (Lipinski definition) is 4. The van der Waals surface area contributed by atoms with Crippen molar-refractivity contribution < 1.29 is 19.1 Å². The van der Waals surface area contributed by atoms with E-state index in [0.29, 0.717) is 6.42 Å². The van der Waals surface area contributed by atoms with Crippen molar-refractivity contribution in [1.29, 1.82) is 0 Å². The molecule has 0 fully saturated rings. The van der Waals surface area contributed by atoms with Crippen molar-refractivity contribution in [3.8, 4) is 0 Å². The van der Waals surface area contributed by atoms with Crippen LogP contribution in [0.25, 0.3) is 0 Å². The van der Waals surface area contributed by atoms with Gasteiger partial charge in [-0.1, -0.05) is 20.1 Å². The minimum atomic E-state index is -0.394. The van der Waals surface area contributed by atoms with Crippen LogP contribution in [0.2, 0.25) is 0 Å². The number of carbonyl (C=O) groups excluding carboxylic acids is 2. The Labute approximate surface area is 77.8 Å².